The van der Waals surface area contributed by atoms with Crippen molar-refractivity contribution >= 4 is 37.4 Å². The van der Waals surface area contributed by atoms with Crippen molar-refractivity contribution in [1.82, 2.24) is 4.90 Å². The summed E-state index contributed by atoms with van der Waals surface area (Å²) in [5.74, 6) is 0. The Balaban J connectivity index is 1.37. The predicted molar refractivity (Wildman–Crippen MR) is 218 cm³/mol. The highest BCUT2D eigenvalue weighted by Crippen LogP contribution is 2.39. The monoisotopic (exact) mass is 713 g/mol. The molecular formula is C45H55NO3Si2. The summed E-state index contributed by atoms with van der Waals surface area (Å²) in [5, 5.41) is 4.95. The highest BCUT2D eigenvalue weighted by molar-refractivity contribution is 7.00. The Bertz CT molecular complexity index is 1580. The van der Waals surface area contributed by atoms with Crippen LogP contribution in [0.5, 0.6) is 0 Å². The molecule has 0 spiro atoms. The van der Waals surface area contributed by atoms with Crippen molar-refractivity contribution in [2.45, 2.75) is 70.2 Å². The van der Waals surface area contributed by atoms with Gasteiger partial charge in [-0.05, 0) is 36.4 Å². The van der Waals surface area contributed by atoms with Crippen LogP contribution < -0.4 is 20.7 Å². The van der Waals surface area contributed by atoms with E-state index < -0.39 is 16.6 Å². The lowest BCUT2D eigenvalue weighted by Crippen LogP contribution is -2.69. The fourth-order valence-electron chi connectivity index (χ4n) is 8.14. The third-order valence-corrected chi connectivity index (χ3v) is 20.6. The van der Waals surface area contributed by atoms with Gasteiger partial charge in [-0.3, -0.25) is 4.90 Å². The third-order valence-electron chi connectivity index (χ3n) is 10.6. The van der Waals surface area contributed by atoms with Gasteiger partial charge in [0.25, 0.3) is 16.6 Å². The molecule has 1 heterocycles. The van der Waals surface area contributed by atoms with Gasteiger partial charge in [0.15, 0.2) is 0 Å². The number of hydrogen-bond acceptors (Lipinski definition) is 4. The van der Waals surface area contributed by atoms with Crippen LogP contribution >= 0.6 is 0 Å². The van der Waals surface area contributed by atoms with Crippen LogP contribution in [0.3, 0.4) is 0 Å². The first-order valence-electron chi connectivity index (χ1n) is 18.4. The molecule has 5 aromatic rings. The summed E-state index contributed by atoms with van der Waals surface area (Å²) in [6, 6.07) is 54.7. The van der Waals surface area contributed by atoms with Crippen LogP contribution in [0.2, 0.25) is 10.1 Å². The summed E-state index contributed by atoms with van der Waals surface area (Å²) in [4.78, 5) is 2.62. The smallest absolute Gasteiger partial charge is 0.261 e. The van der Waals surface area contributed by atoms with Crippen molar-refractivity contribution < 1.29 is 13.6 Å². The predicted octanol–water partition coefficient (Wildman–Crippen LogP) is 7.41. The van der Waals surface area contributed by atoms with E-state index in [1.54, 1.807) is 0 Å². The molecule has 0 amide bonds. The van der Waals surface area contributed by atoms with Gasteiger partial charge < -0.3 is 13.6 Å². The maximum absolute atomic E-state index is 7.55. The molecule has 1 aliphatic heterocycles. The molecule has 0 N–H and O–H groups in total. The standard InChI is InChI=1S/C45H55NO3Si2/c1-44(2,3)50(40-24-14-8-15-25-40,41-26-16-9-17-27-41)48-35-38-33-47-34-39(46(38)32-37-22-12-7-13-23-37)36-49-51(45(4,5)6,42-28-18-10-19-29-42)43-30-20-11-21-31-43/h7-31,38-39H,32-36H2,1-6H3/t38-,39-/m1/s1. The summed E-state index contributed by atoms with van der Waals surface area (Å²) in [7, 11) is -5.49. The molecule has 5 aromatic carbocycles. The first-order chi connectivity index (χ1) is 24.6. The Hall–Kier alpha value is -3.63. The Morgan fingerprint density at radius 1 is 0.490 bits per heavy atom. The molecule has 6 rings (SSSR count). The van der Waals surface area contributed by atoms with Crippen LogP contribution in [0.1, 0.15) is 47.1 Å². The lowest BCUT2D eigenvalue weighted by Gasteiger charge is -2.48. The maximum atomic E-state index is 7.55. The molecule has 266 valence electrons. The van der Waals surface area contributed by atoms with Crippen LogP contribution in [0, 0.1) is 0 Å². The average Bonchev–Trinajstić information content (AvgIpc) is 3.14. The van der Waals surface area contributed by atoms with Crippen molar-refractivity contribution in [3.8, 4) is 0 Å². The highest BCUT2D eigenvalue weighted by Gasteiger charge is 2.52. The second kappa shape index (κ2) is 15.9. The summed E-state index contributed by atoms with van der Waals surface area (Å²) >= 11 is 0. The van der Waals surface area contributed by atoms with E-state index in [0.29, 0.717) is 26.4 Å². The van der Waals surface area contributed by atoms with E-state index in [9.17, 15) is 0 Å². The fraction of sp³-hybridized carbons (Fsp3) is 0.333. The van der Waals surface area contributed by atoms with E-state index in [1.807, 2.05) is 0 Å². The van der Waals surface area contributed by atoms with Crippen molar-refractivity contribution in [3.63, 3.8) is 0 Å². The van der Waals surface area contributed by atoms with Gasteiger partial charge in [0.05, 0.1) is 38.5 Å². The Morgan fingerprint density at radius 3 is 1.08 bits per heavy atom. The number of nitrogens with zero attached hydrogens (tertiary/aromatic N) is 1. The molecule has 0 unspecified atom stereocenters. The molecule has 1 fully saturated rings. The van der Waals surface area contributed by atoms with Gasteiger partial charge in [-0.1, -0.05) is 193 Å². The number of morpholine rings is 1. The van der Waals surface area contributed by atoms with E-state index in [1.165, 1.54) is 26.3 Å². The normalized spacial score (nSPS) is 17.7. The minimum Gasteiger partial charge on any atom is -0.406 e. The summed E-state index contributed by atoms with van der Waals surface area (Å²) in [6.45, 7) is 17.2. The van der Waals surface area contributed by atoms with Gasteiger partial charge in [0.1, 0.15) is 0 Å². The number of ether oxygens (including phenoxy) is 1. The maximum Gasteiger partial charge on any atom is 0.261 e. The minimum absolute atomic E-state index is 0.0494. The fourth-order valence-corrected chi connectivity index (χ4v) is 17.3. The van der Waals surface area contributed by atoms with Crippen LogP contribution in [-0.2, 0) is 20.1 Å². The molecular weight excluding hydrogens is 659 g/mol. The molecule has 2 atom stereocenters. The van der Waals surface area contributed by atoms with Crippen LogP contribution in [0.25, 0.3) is 0 Å². The summed E-state index contributed by atoms with van der Waals surface area (Å²) < 4.78 is 21.6. The van der Waals surface area contributed by atoms with Gasteiger partial charge in [-0.15, -0.1) is 0 Å². The van der Waals surface area contributed by atoms with Gasteiger partial charge in [-0.25, -0.2) is 0 Å². The molecule has 6 heteroatoms. The Morgan fingerprint density at radius 2 is 0.784 bits per heavy atom. The quantitative estimate of drug-likeness (QED) is 0.126. The third kappa shape index (κ3) is 7.77. The first kappa shape index (κ1) is 37.1. The lowest BCUT2D eigenvalue weighted by atomic mass is 10.1. The van der Waals surface area contributed by atoms with E-state index in [-0.39, 0.29) is 22.2 Å². The van der Waals surface area contributed by atoms with E-state index in [4.69, 9.17) is 13.6 Å². The molecule has 0 aliphatic carbocycles. The van der Waals surface area contributed by atoms with Crippen molar-refractivity contribution in [3.05, 3.63) is 157 Å². The highest BCUT2D eigenvalue weighted by atomic mass is 28.4. The second-order valence-electron chi connectivity index (χ2n) is 16.0. The minimum atomic E-state index is -2.75. The molecule has 51 heavy (non-hydrogen) atoms. The van der Waals surface area contributed by atoms with Crippen LogP contribution in [0.15, 0.2) is 152 Å². The second-order valence-corrected chi connectivity index (χ2v) is 24.6. The van der Waals surface area contributed by atoms with Crippen molar-refractivity contribution in [2.75, 3.05) is 26.4 Å². The molecule has 0 aromatic heterocycles. The Kier molecular flexibility index (Phi) is 11.6. The SMILES string of the molecule is CC(C)(C)[Si](OC[C@H]1COC[C@H](CO[Si](c2ccccc2)(c2ccccc2)C(C)(C)C)N1Cc1ccccc1)(c1ccccc1)c1ccccc1. The molecule has 4 nitrogen and oxygen atoms in total. The van der Waals surface area contributed by atoms with E-state index >= 15 is 0 Å². The van der Waals surface area contributed by atoms with E-state index in [0.717, 1.165) is 6.54 Å². The number of benzene rings is 5. The first-order valence-corrected chi connectivity index (χ1v) is 22.3. The molecule has 1 saturated heterocycles. The van der Waals surface area contributed by atoms with Gasteiger partial charge in [0, 0.05) is 6.54 Å². The van der Waals surface area contributed by atoms with Gasteiger partial charge >= 0.3 is 0 Å². The lowest BCUT2D eigenvalue weighted by molar-refractivity contribution is -0.0792. The largest absolute Gasteiger partial charge is 0.406 e. The van der Waals surface area contributed by atoms with E-state index in [2.05, 4.69) is 198 Å². The zero-order valence-corrected chi connectivity index (χ0v) is 33.3. The van der Waals surface area contributed by atoms with Crippen LogP contribution in [0.4, 0.5) is 0 Å². The number of rotatable bonds is 12. The Labute approximate surface area is 308 Å². The zero-order valence-electron chi connectivity index (χ0n) is 31.3. The van der Waals surface area contributed by atoms with Crippen LogP contribution in [-0.4, -0.2) is 60.0 Å². The average molecular weight is 714 g/mol. The summed E-state index contributed by atoms with van der Waals surface area (Å²) in [6.07, 6.45) is 0. The zero-order chi connectivity index (χ0) is 36.0. The number of hydrogen-bond donors (Lipinski definition) is 0. The molecule has 0 saturated carbocycles. The molecule has 0 bridgehead atoms. The van der Waals surface area contributed by atoms with Gasteiger partial charge in [0.2, 0.25) is 0 Å². The summed E-state index contributed by atoms with van der Waals surface area (Å²) in [5.41, 5.74) is 1.28. The molecule has 1 aliphatic rings. The topological polar surface area (TPSA) is 30.9 Å². The van der Waals surface area contributed by atoms with Crippen molar-refractivity contribution in [1.29, 1.82) is 0 Å². The molecule has 0 radical (unpaired) electrons. The van der Waals surface area contributed by atoms with Crippen molar-refractivity contribution in [2.24, 2.45) is 0 Å². The van der Waals surface area contributed by atoms with Gasteiger partial charge in [-0.2, -0.15) is 0 Å².